The first-order chi connectivity index (χ1) is 10.4. The SMILES string of the molecule is O=S(=O)(NC1c2ccccc2CC1O)c1cc(F)cc(F)c1. The van der Waals surface area contributed by atoms with E-state index in [4.69, 9.17) is 0 Å². The molecule has 3 rings (SSSR count). The molecule has 4 nitrogen and oxygen atoms in total. The minimum Gasteiger partial charge on any atom is -0.391 e. The number of halogens is 2. The van der Waals surface area contributed by atoms with Gasteiger partial charge in [-0.25, -0.2) is 21.9 Å². The maximum Gasteiger partial charge on any atom is 0.241 e. The molecule has 0 radical (unpaired) electrons. The second-order valence-corrected chi connectivity index (χ2v) is 6.89. The van der Waals surface area contributed by atoms with Crippen molar-refractivity contribution >= 4 is 10.0 Å². The van der Waals surface area contributed by atoms with Gasteiger partial charge in [0.1, 0.15) is 11.6 Å². The summed E-state index contributed by atoms with van der Waals surface area (Å²) in [6.07, 6.45) is -0.605. The van der Waals surface area contributed by atoms with Gasteiger partial charge in [0.15, 0.2) is 0 Å². The standard InChI is InChI=1S/C15H13F2NO3S/c16-10-6-11(17)8-12(7-10)22(20,21)18-15-13-4-2-1-3-9(13)5-14(15)19/h1-4,6-8,14-15,18-19H,5H2. The zero-order chi connectivity index (χ0) is 15.9. The van der Waals surface area contributed by atoms with Crippen molar-refractivity contribution in [3.05, 3.63) is 65.2 Å². The van der Waals surface area contributed by atoms with E-state index in [2.05, 4.69) is 4.72 Å². The van der Waals surface area contributed by atoms with Crippen LogP contribution in [0.3, 0.4) is 0 Å². The van der Waals surface area contributed by atoms with E-state index < -0.39 is 38.7 Å². The van der Waals surface area contributed by atoms with Gasteiger partial charge in [-0.2, -0.15) is 0 Å². The molecule has 1 aliphatic carbocycles. The summed E-state index contributed by atoms with van der Waals surface area (Å²) in [7, 11) is -4.15. The minimum atomic E-state index is -4.15. The van der Waals surface area contributed by atoms with Gasteiger partial charge in [0.05, 0.1) is 17.0 Å². The Bertz CT molecular complexity index is 803. The Labute approximate surface area is 126 Å². The van der Waals surface area contributed by atoms with Crippen LogP contribution in [0.2, 0.25) is 0 Å². The summed E-state index contributed by atoms with van der Waals surface area (Å²) in [5, 5.41) is 10.1. The predicted molar refractivity (Wildman–Crippen MR) is 75.6 cm³/mol. The van der Waals surface area contributed by atoms with Crippen molar-refractivity contribution in [3.63, 3.8) is 0 Å². The number of fused-ring (bicyclic) bond motifs is 1. The van der Waals surface area contributed by atoms with Crippen LogP contribution >= 0.6 is 0 Å². The van der Waals surface area contributed by atoms with Crippen molar-refractivity contribution in [3.8, 4) is 0 Å². The molecule has 0 aliphatic heterocycles. The Kier molecular flexibility index (Phi) is 3.72. The van der Waals surface area contributed by atoms with Gasteiger partial charge in [-0.1, -0.05) is 24.3 Å². The summed E-state index contributed by atoms with van der Waals surface area (Å²) in [6.45, 7) is 0. The highest BCUT2D eigenvalue weighted by atomic mass is 32.2. The highest BCUT2D eigenvalue weighted by Gasteiger charge is 2.34. The van der Waals surface area contributed by atoms with Crippen LogP contribution < -0.4 is 4.72 Å². The summed E-state index contributed by atoms with van der Waals surface area (Å²) < 4.78 is 53.3. The molecule has 0 bridgehead atoms. The average Bonchev–Trinajstić information content (AvgIpc) is 2.74. The third-order valence-corrected chi connectivity index (χ3v) is 5.05. The molecule has 7 heteroatoms. The monoisotopic (exact) mass is 325 g/mol. The van der Waals surface area contributed by atoms with Crippen LogP contribution in [0.4, 0.5) is 8.78 Å². The third kappa shape index (κ3) is 2.75. The van der Waals surface area contributed by atoms with E-state index in [1.807, 2.05) is 0 Å². The fourth-order valence-electron chi connectivity index (χ4n) is 2.63. The van der Waals surface area contributed by atoms with Crippen molar-refractivity contribution in [2.24, 2.45) is 0 Å². The fourth-order valence-corrected chi connectivity index (χ4v) is 3.92. The number of hydrogen-bond acceptors (Lipinski definition) is 3. The van der Waals surface area contributed by atoms with Crippen molar-refractivity contribution in [1.82, 2.24) is 4.72 Å². The molecule has 0 heterocycles. The van der Waals surface area contributed by atoms with Crippen LogP contribution in [-0.4, -0.2) is 19.6 Å². The van der Waals surface area contributed by atoms with Crippen LogP contribution in [-0.2, 0) is 16.4 Å². The van der Waals surface area contributed by atoms with E-state index in [-0.39, 0.29) is 0 Å². The summed E-state index contributed by atoms with van der Waals surface area (Å²) in [5.74, 6) is -1.96. The summed E-state index contributed by atoms with van der Waals surface area (Å²) in [5.41, 5.74) is 1.50. The number of sulfonamides is 1. The highest BCUT2D eigenvalue weighted by molar-refractivity contribution is 7.89. The molecule has 2 N–H and O–H groups in total. The zero-order valence-corrected chi connectivity index (χ0v) is 12.1. The van der Waals surface area contributed by atoms with Gasteiger partial charge in [0.2, 0.25) is 10.0 Å². The molecule has 0 fully saturated rings. The van der Waals surface area contributed by atoms with Crippen LogP contribution in [0.25, 0.3) is 0 Å². The Morgan fingerprint density at radius 2 is 1.73 bits per heavy atom. The summed E-state index contributed by atoms with van der Waals surface area (Å²) in [6, 6.07) is 8.27. The number of aliphatic hydroxyl groups is 1. The topological polar surface area (TPSA) is 66.4 Å². The van der Waals surface area contributed by atoms with Gasteiger partial charge < -0.3 is 5.11 Å². The van der Waals surface area contributed by atoms with E-state index in [9.17, 15) is 22.3 Å². The fraction of sp³-hybridized carbons (Fsp3) is 0.200. The molecule has 116 valence electrons. The first kappa shape index (κ1) is 15.1. The third-order valence-electron chi connectivity index (χ3n) is 3.63. The van der Waals surface area contributed by atoms with E-state index >= 15 is 0 Å². The molecule has 0 saturated carbocycles. The van der Waals surface area contributed by atoms with E-state index in [0.29, 0.717) is 18.1 Å². The second kappa shape index (κ2) is 5.42. The van der Waals surface area contributed by atoms with E-state index in [1.54, 1.807) is 24.3 Å². The molecule has 2 aromatic carbocycles. The largest absolute Gasteiger partial charge is 0.391 e. The van der Waals surface area contributed by atoms with Gasteiger partial charge in [-0.15, -0.1) is 0 Å². The molecule has 0 saturated heterocycles. The maximum absolute atomic E-state index is 13.2. The number of hydrogen-bond donors (Lipinski definition) is 2. The smallest absolute Gasteiger partial charge is 0.241 e. The lowest BCUT2D eigenvalue weighted by Gasteiger charge is -2.18. The Morgan fingerprint density at radius 1 is 1.09 bits per heavy atom. The van der Waals surface area contributed by atoms with Crippen LogP contribution in [0.1, 0.15) is 17.2 Å². The van der Waals surface area contributed by atoms with Gasteiger partial charge in [0.25, 0.3) is 0 Å². The molecule has 2 aromatic rings. The first-order valence-electron chi connectivity index (χ1n) is 6.61. The molecule has 1 aliphatic rings. The van der Waals surface area contributed by atoms with E-state index in [1.165, 1.54) is 0 Å². The minimum absolute atomic E-state index is 0.320. The van der Waals surface area contributed by atoms with Gasteiger partial charge in [-0.05, 0) is 23.3 Å². The van der Waals surface area contributed by atoms with Crippen LogP contribution in [0, 0.1) is 11.6 Å². The quantitative estimate of drug-likeness (QED) is 0.906. The molecule has 22 heavy (non-hydrogen) atoms. The second-order valence-electron chi connectivity index (χ2n) is 5.17. The summed E-state index contributed by atoms with van der Waals surface area (Å²) >= 11 is 0. The normalized spacial score (nSPS) is 20.9. The van der Waals surface area contributed by atoms with Gasteiger partial charge in [-0.3, -0.25) is 0 Å². The van der Waals surface area contributed by atoms with Crippen LogP contribution in [0.15, 0.2) is 47.4 Å². The maximum atomic E-state index is 13.2. The summed E-state index contributed by atoms with van der Waals surface area (Å²) in [4.78, 5) is -0.512. The highest BCUT2D eigenvalue weighted by Crippen LogP contribution is 2.32. The zero-order valence-electron chi connectivity index (χ0n) is 11.3. The molecule has 0 spiro atoms. The molecule has 2 unspecified atom stereocenters. The first-order valence-corrected chi connectivity index (χ1v) is 8.09. The van der Waals surface area contributed by atoms with Crippen molar-refractivity contribution in [1.29, 1.82) is 0 Å². The number of benzene rings is 2. The Morgan fingerprint density at radius 3 is 2.41 bits per heavy atom. The molecule has 0 amide bonds. The van der Waals surface area contributed by atoms with Gasteiger partial charge >= 0.3 is 0 Å². The molecular weight excluding hydrogens is 312 g/mol. The lowest BCUT2D eigenvalue weighted by atomic mass is 10.1. The Balaban J connectivity index is 1.95. The van der Waals surface area contributed by atoms with Gasteiger partial charge in [0, 0.05) is 12.5 Å². The van der Waals surface area contributed by atoms with E-state index in [0.717, 1.165) is 17.7 Å². The van der Waals surface area contributed by atoms with Crippen molar-refractivity contribution in [2.45, 2.75) is 23.5 Å². The molecular formula is C15H13F2NO3S. The van der Waals surface area contributed by atoms with Crippen molar-refractivity contribution in [2.75, 3.05) is 0 Å². The number of nitrogens with one attached hydrogen (secondary N) is 1. The lowest BCUT2D eigenvalue weighted by molar-refractivity contribution is 0.151. The Hall–Kier alpha value is -1.83. The number of aliphatic hydroxyl groups excluding tert-OH is 1. The molecule has 2 atom stereocenters. The predicted octanol–water partition coefficient (Wildman–Crippen LogP) is 1.90. The lowest BCUT2D eigenvalue weighted by Crippen LogP contribution is -2.34. The van der Waals surface area contributed by atoms with Crippen molar-refractivity contribution < 1.29 is 22.3 Å². The average molecular weight is 325 g/mol. The molecule has 0 aromatic heterocycles. The number of rotatable bonds is 3. The van der Waals surface area contributed by atoms with Crippen LogP contribution in [0.5, 0.6) is 0 Å².